The summed E-state index contributed by atoms with van der Waals surface area (Å²) in [5, 5.41) is 6.86. The molecule has 1 aliphatic heterocycles. The van der Waals surface area contributed by atoms with Crippen LogP contribution in [0.15, 0.2) is 55.3 Å². The van der Waals surface area contributed by atoms with Crippen LogP contribution in [0, 0.1) is 0 Å². The van der Waals surface area contributed by atoms with E-state index in [9.17, 15) is 4.79 Å². The van der Waals surface area contributed by atoms with Crippen molar-refractivity contribution in [3.63, 3.8) is 0 Å². The predicted octanol–water partition coefficient (Wildman–Crippen LogP) is 4.05. The molecular weight excluding hydrogens is 348 g/mol. The van der Waals surface area contributed by atoms with Crippen LogP contribution in [0.5, 0.6) is 0 Å². The van der Waals surface area contributed by atoms with E-state index < -0.39 is 0 Å². The van der Waals surface area contributed by atoms with Crippen LogP contribution in [-0.4, -0.2) is 41.5 Å². The summed E-state index contributed by atoms with van der Waals surface area (Å²) in [4.78, 5) is 19.1. The van der Waals surface area contributed by atoms with Crippen LogP contribution in [0.2, 0.25) is 5.02 Å². The second-order valence-electron chi connectivity index (χ2n) is 6.40. The summed E-state index contributed by atoms with van der Waals surface area (Å²) in [7, 11) is 0. The summed E-state index contributed by atoms with van der Waals surface area (Å²) in [6.07, 6.45) is 5.69. The van der Waals surface area contributed by atoms with Crippen molar-refractivity contribution in [3.05, 3.63) is 65.8 Å². The van der Waals surface area contributed by atoms with Crippen LogP contribution in [-0.2, 0) is 0 Å². The van der Waals surface area contributed by atoms with E-state index in [1.54, 1.807) is 36.5 Å². The summed E-state index contributed by atoms with van der Waals surface area (Å²) >= 11 is 5.93. The van der Waals surface area contributed by atoms with Gasteiger partial charge in [-0.1, -0.05) is 23.7 Å². The summed E-state index contributed by atoms with van der Waals surface area (Å²) < 4.78 is 0. The molecule has 1 aromatic heterocycles. The van der Waals surface area contributed by atoms with Crippen molar-refractivity contribution < 1.29 is 4.79 Å². The maximum Gasteiger partial charge on any atom is 0.257 e. The number of hydrogen-bond acceptors (Lipinski definition) is 4. The number of aromatic nitrogens is 1. The number of rotatable bonds is 6. The molecule has 0 aliphatic carbocycles. The van der Waals surface area contributed by atoms with Crippen molar-refractivity contribution in [2.45, 2.75) is 18.9 Å². The van der Waals surface area contributed by atoms with Crippen LogP contribution in [0.25, 0.3) is 0 Å². The number of nitrogens with zero attached hydrogens (tertiary/aromatic N) is 2. The first-order chi connectivity index (χ1) is 12.6. The number of pyridine rings is 1. The van der Waals surface area contributed by atoms with Gasteiger partial charge in [0.2, 0.25) is 0 Å². The zero-order chi connectivity index (χ0) is 18.4. The van der Waals surface area contributed by atoms with Crippen molar-refractivity contribution in [1.29, 1.82) is 0 Å². The lowest BCUT2D eigenvalue weighted by Crippen LogP contribution is -2.39. The largest absolute Gasteiger partial charge is 0.367 e. The number of likely N-dealkylation sites (tertiary alicyclic amines) is 1. The molecule has 0 radical (unpaired) electrons. The van der Waals surface area contributed by atoms with Crippen molar-refractivity contribution >= 4 is 29.0 Å². The minimum absolute atomic E-state index is 0.205. The van der Waals surface area contributed by atoms with Gasteiger partial charge in [-0.2, -0.15) is 0 Å². The van der Waals surface area contributed by atoms with E-state index in [0.717, 1.165) is 38.3 Å². The Hall–Kier alpha value is -2.37. The number of anilines is 2. The third-order valence-corrected chi connectivity index (χ3v) is 4.67. The Balaban J connectivity index is 1.53. The first kappa shape index (κ1) is 18.4. The molecule has 0 unspecified atom stereocenters. The lowest BCUT2D eigenvalue weighted by Gasteiger charge is -2.31. The molecule has 2 N–H and O–H groups in total. The van der Waals surface area contributed by atoms with Gasteiger partial charge in [0.25, 0.3) is 5.91 Å². The van der Waals surface area contributed by atoms with Crippen LogP contribution in [0.4, 0.5) is 11.5 Å². The number of benzene rings is 1. The Morgan fingerprint density at radius 3 is 2.77 bits per heavy atom. The third kappa shape index (κ3) is 5.07. The van der Waals surface area contributed by atoms with E-state index in [4.69, 9.17) is 11.6 Å². The Labute approximate surface area is 159 Å². The van der Waals surface area contributed by atoms with Gasteiger partial charge in [-0.05, 0) is 43.2 Å². The standard InChI is InChI=1S/C20H23ClN4O/c1-2-10-25-11-8-17(9-12-25)23-19-7-6-15(14-22-19)20(26)24-18-5-3-4-16(21)13-18/h2-7,13-14,17H,1,8-12H2,(H,22,23)(H,24,26). The third-order valence-electron chi connectivity index (χ3n) is 4.44. The fourth-order valence-corrected chi connectivity index (χ4v) is 3.22. The number of carbonyl (C=O) groups is 1. The van der Waals surface area contributed by atoms with Gasteiger partial charge in [-0.25, -0.2) is 4.98 Å². The Morgan fingerprint density at radius 2 is 2.12 bits per heavy atom. The molecule has 1 fully saturated rings. The Morgan fingerprint density at radius 1 is 1.31 bits per heavy atom. The van der Waals surface area contributed by atoms with Gasteiger partial charge in [0.05, 0.1) is 5.56 Å². The maximum atomic E-state index is 12.3. The monoisotopic (exact) mass is 370 g/mol. The SMILES string of the molecule is C=CCN1CCC(Nc2ccc(C(=O)Nc3cccc(Cl)c3)cn2)CC1. The molecule has 2 aromatic rings. The molecule has 1 aliphatic rings. The highest BCUT2D eigenvalue weighted by Gasteiger charge is 2.18. The van der Waals surface area contributed by atoms with Gasteiger partial charge in [-0.3, -0.25) is 9.69 Å². The molecule has 26 heavy (non-hydrogen) atoms. The highest BCUT2D eigenvalue weighted by molar-refractivity contribution is 6.30. The van der Waals surface area contributed by atoms with Crippen LogP contribution in [0.3, 0.4) is 0 Å². The fraction of sp³-hybridized carbons (Fsp3) is 0.300. The number of carbonyl (C=O) groups excluding carboxylic acids is 1. The molecule has 1 aromatic carbocycles. The molecule has 1 amide bonds. The van der Waals surface area contributed by atoms with Crippen LogP contribution in [0.1, 0.15) is 23.2 Å². The summed E-state index contributed by atoms with van der Waals surface area (Å²) in [5.41, 5.74) is 1.17. The van der Waals surface area contributed by atoms with Crippen molar-refractivity contribution in [2.75, 3.05) is 30.3 Å². The minimum Gasteiger partial charge on any atom is -0.367 e. The zero-order valence-corrected chi connectivity index (χ0v) is 15.4. The lowest BCUT2D eigenvalue weighted by molar-refractivity contribution is 0.102. The fourth-order valence-electron chi connectivity index (χ4n) is 3.03. The smallest absolute Gasteiger partial charge is 0.257 e. The topological polar surface area (TPSA) is 57.3 Å². The molecule has 0 saturated carbocycles. The van der Waals surface area contributed by atoms with Gasteiger partial charge >= 0.3 is 0 Å². The Kier molecular flexibility index (Phi) is 6.26. The van der Waals surface area contributed by atoms with Gasteiger partial charge in [0.15, 0.2) is 0 Å². The van der Waals surface area contributed by atoms with Crippen molar-refractivity contribution in [3.8, 4) is 0 Å². The summed E-state index contributed by atoms with van der Waals surface area (Å²) in [6, 6.07) is 11.1. The second kappa shape index (κ2) is 8.83. The van der Waals surface area contributed by atoms with Gasteiger partial charge in [0.1, 0.15) is 5.82 Å². The van der Waals surface area contributed by atoms with Crippen molar-refractivity contribution in [1.82, 2.24) is 9.88 Å². The lowest BCUT2D eigenvalue weighted by atomic mass is 10.1. The van der Waals surface area contributed by atoms with Gasteiger partial charge < -0.3 is 10.6 Å². The molecule has 0 bridgehead atoms. The van der Waals surface area contributed by atoms with E-state index in [-0.39, 0.29) is 5.91 Å². The number of piperidine rings is 1. The Bertz CT molecular complexity index is 755. The normalized spacial score (nSPS) is 15.4. The molecular formula is C20H23ClN4O. The van der Waals surface area contributed by atoms with Crippen molar-refractivity contribution in [2.24, 2.45) is 0 Å². The minimum atomic E-state index is -0.205. The zero-order valence-electron chi connectivity index (χ0n) is 14.6. The van der Waals surface area contributed by atoms with E-state index >= 15 is 0 Å². The average molecular weight is 371 g/mol. The quantitative estimate of drug-likeness (QED) is 0.753. The van der Waals surface area contributed by atoms with Crippen LogP contribution < -0.4 is 10.6 Å². The number of halogens is 1. The number of nitrogens with one attached hydrogen (secondary N) is 2. The number of amides is 1. The molecule has 0 spiro atoms. The average Bonchev–Trinajstić information content (AvgIpc) is 2.64. The number of hydrogen-bond donors (Lipinski definition) is 2. The second-order valence-corrected chi connectivity index (χ2v) is 6.84. The molecule has 3 rings (SSSR count). The molecule has 0 atom stereocenters. The van der Waals surface area contributed by atoms with E-state index in [2.05, 4.69) is 27.1 Å². The van der Waals surface area contributed by atoms with Gasteiger partial charge in [0, 0.05) is 42.6 Å². The molecule has 6 heteroatoms. The molecule has 136 valence electrons. The first-order valence-electron chi connectivity index (χ1n) is 8.77. The van der Waals surface area contributed by atoms with E-state index in [1.165, 1.54) is 0 Å². The maximum absolute atomic E-state index is 12.3. The van der Waals surface area contributed by atoms with E-state index in [1.807, 2.05) is 12.1 Å². The predicted molar refractivity (Wildman–Crippen MR) is 107 cm³/mol. The highest BCUT2D eigenvalue weighted by atomic mass is 35.5. The summed E-state index contributed by atoms with van der Waals surface area (Å²) in [5.74, 6) is 0.593. The first-order valence-corrected chi connectivity index (χ1v) is 9.14. The van der Waals surface area contributed by atoms with Gasteiger partial charge in [-0.15, -0.1) is 6.58 Å². The van der Waals surface area contributed by atoms with E-state index in [0.29, 0.717) is 22.3 Å². The molecule has 1 saturated heterocycles. The highest BCUT2D eigenvalue weighted by Crippen LogP contribution is 2.17. The molecule has 2 heterocycles. The summed E-state index contributed by atoms with van der Waals surface area (Å²) in [6.45, 7) is 6.85. The van der Waals surface area contributed by atoms with Crippen LogP contribution >= 0.6 is 11.6 Å². The molecule has 5 nitrogen and oxygen atoms in total.